The highest BCUT2D eigenvalue weighted by Crippen LogP contribution is 2.42. The highest BCUT2D eigenvalue weighted by molar-refractivity contribution is 9.10. The molecule has 0 radical (unpaired) electrons. The minimum absolute atomic E-state index is 0.0332. The minimum atomic E-state index is -2.63. The lowest BCUT2D eigenvalue weighted by Gasteiger charge is -2.35. The van der Waals surface area contributed by atoms with Crippen molar-refractivity contribution in [3.05, 3.63) is 33.7 Å². The van der Waals surface area contributed by atoms with E-state index in [2.05, 4.69) is 21.2 Å². The van der Waals surface area contributed by atoms with Crippen LogP contribution in [0.2, 0.25) is 0 Å². The van der Waals surface area contributed by atoms with Gasteiger partial charge in [0.25, 0.3) is 5.70 Å². The fourth-order valence-electron chi connectivity index (χ4n) is 2.18. The van der Waals surface area contributed by atoms with Gasteiger partial charge in [-0.25, -0.2) is 13.2 Å². The third-order valence-electron chi connectivity index (χ3n) is 3.15. The van der Waals surface area contributed by atoms with E-state index in [1.54, 1.807) is 0 Å². The Bertz CT molecular complexity index is 455. The molecular formula is C11H12BrF3N2O2. The lowest BCUT2D eigenvalue weighted by molar-refractivity contribution is -0.422. The molecule has 0 aromatic carbocycles. The number of rotatable bonds is 4. The number of nitrogens with zero attached hydrogens (tertiary/aromatic N) is 1. The standard InChI is InChI=1S/C11H12BrF3N2O2/c12-10(13)2-1-9(17(18)19)8(5-10)16-6-7-3-11(14,15)4-7/h1,5,7,16H,2-4,6H2. The topological polar surface area (TPSA) is 55.2 Å². The monoisotopic (exact) mass is 340 g/mol. The Morgan fingerprint density at radius 3 is 2.63 bits per heavy atom. The van der Waals surface area contributed by atoms with Crippen LogP contribution in [0.1, 0.15) is 19.3 Å². The molecule has 2 aliphatic carbocycles. The SMILES string of the molecule is O=[N+]([O-])C1=CCC(F)(Br)C=C1NCC1CC(F)(F)C1. The number of hydrogen-bond acceptors (Lipinski definition) is 3. The Balaban J connectivity index is 1.98. The summed E-state index contributed by atoms with van der Waals surface area (Å²) >= 11 is 2.80. The third-order valence-corrected chi connectivity index (χ3v) is 3.70. The van der Waals surface area contributed by atoms with Crippen LogP contribution in [0.5, 0.6) is 0 Å². The average molecular weight is 341 g/mol. The third kappa shape index (κ3) is 3.49. The minimum Gasteiger partial charge on any atom is -0.379 e. The fourth-order valence-corrected chi connectivity index (χ4v) is 2.58. The smallest absolute Gasteiger partial charge is 0.288 e. The van der Waals surface area contributed by atoms with Crippen molar-refractivity contribution >= 4 is 15.9 Å². The van der Waals surface area contributed by atoms with Crippen LogP contribution in [0.25, 0.3) is 0 Å². The van der Waals surface area contributed by atoms with Crippen LogP contribution < -0.4 is 5.32 Å². The van der Waals surface area contributed by atoms with Crippen LogP contribution in [0.15, 0.2) is 23.5 Å². The molecule has 1 N–H and O–H groups in total. The Kier molecular flexibility index (Phi) is 3.63. The zero-order valence-corrected chi connectivity index (χ0v) is 11.4. The number of alkyl halides is 4. The summed E-state index contributed by atoms with van der Waals surface area (Å²) in [6, 6.07) is 0. The summed E-state index contributed by atoms with van der Waals surface area (Å²) in [5, 5.41) is 13.5. The van der Waals surface area contributed by atoms with E-state index in [4.69, 9.17) is 0 Å². The zero-order valence-electron chi connectivity index (χ0n) is 9.84. The highest BCUT2D eigenvalue weighted by Gasteiger charge is 2.45. The molecule has 19 heavy (non-hydrogen) atoms. The fraction of sp³-hybridized carbons (Fsp3) is 0.636. The maximum absolute atomic E-state index is 13.7. The van der Waals surface area contributed by atoms with E-state index < -0.39 is 15.4 Å². The summed E-state index contributed by atoms with van der Waals surface area (Å²) < 4.78 is 37.2. The molecule has 0 amide bonds. The molecule has 106 valence electrons. The lowest BCUT2D eigenvalue weighted by atomic mass is 9.81. The van der Waals surface area contributed by atoms with Crippen molar-refractivity contribution in [1.82, 2.24) is 5.32 Å². The van der Waals surface area contributed by atoms with Crippen LogP contribution in [0.3, 0.4) is 0 Å². The molecule has 1 unspecified atom stereocenters. The van der Waals surface area contributed by atoms with E-state index in [1.165, 1.54) is 6.08 Å². The first-order valence-electron chi connectivity index (χ1n) is 5.76. The van der Waals surface area contributed by atoms with Crippen LogP contribution in [0, 0.1) is 16.0 Å². The summed E-state index contributed by atoms with van der Waals surface area (Å²) in [7, 11) is 0. The molecule has 1 fully saturated rings. The summed E-state index contributed by atoms with van der Waals surface area (Å²) in [5.41, 5.74) is -0.190. The Morgan fingerprint density at radius 2 is 2.11 bits per heavy atom. The molecule has 0 saturated heterocycles. The quantitative estimate of drug-likeness (QED) is 0.486. The molecule has 0 aliphatic heterocycles. The molecule has 8 heteroatoms. The molecule has 2 aliphatic rings. The molecule has 1 atom stereocenters. The van der Waals surface area contributed by atoms with Gasteiger partial charge in [0.15, 0.2) is 4.58 Å². The largest absolute Gasteiger partial charge is 0.379 e. The van der Waals surface area contributed by atoms with Crippen LogP contribution >= 0.6 is 15.9 Å². The maximum atomic E-state index is 13.7. The number of nitro groups is 1. The van der Waals surface area contributed by atoms with Gasteiger partial charge in [0.05, 0.1) is 4.92 Å². The Hall–Kier alpha value is -1.05. The van der Waals surface area contributed by atoms with Crippen molar-refractivity contribution in [2.24, 2.45) is 5.92 Å². The van der Waals surface area contributed by atoms with E-state index in [9.17, 15) is 23.3 Å². The molecule has 0 aromatic rings. The summed E-state index contributed by atoms with van der Waals surface area (Å²) in [6.45, 7) is 0.176. The molecule has 1 saturated carbocycles. The predicted molar refractivity (Wildman–Crippen MR) is 66.2 cm³/mol. The molecular weight excluding hydrogens is 329 g/mol. The first-order chi connectivity index (χ1) is 8.69. The number of halogens is 4. The van der Waals surface area contributed by atoms with Gasteiger partial charge in [-0.05, 0) is 27.9 Å². The van der Waals surface area contributed by atoms with E-state index in [1.807, 2.05) is 0 Å². The van der Waals surface area contributed by atoms with Crippen molar-refractivity contribution in [3.8, 4) is 0 Å². The van der Waals surface area contributed by atoms with Gasteiger partial charge in [0.1, 0.15) is 5.70 Å². The molecule has 4 nitrogen and oxygen atoms in total. The second kappa shape index (κ2) is 4.81. The van der Waals surface area contributed by atoms with E-state index in [0.717, 1.165) is 6.08 Å². The summed E-state index contributed by atoms with van der Waals surface area (Å²) in [5.74, 6) is -2.87. The zero-order chi connectivity index (χ0) is 14.3. The molecule has 2 rings (SSSR count). The van der Waals surface area contributed by atoms with Gasteiger partial charge in [-0.3, -0.25) is 10.1 Å². The summed E-state index contributed by atoms with van der Waals surface area (Å²) in [6.07, 6.45) is 1.63. The number of nitrogens with one attached hydrogen (secondary N) is 1. The predicted octanol–water partition coefficient (Wildman–Crippen LogP) is 3.13. The van der Waals surface area contributed by atoms with Gasteiger partial charge in [-0.15, -0.1) is 0 Å². The van der Waals surface area contributed by atoms with Crippen molar-refractivity contribution in [2.75, 3.05) is 6.54 Å². The van der Waals surface area contributed by atoms with Crippen LogP contribution in [-0.4, -0.2) is 22.0 Å². The van der Waals surface area contributed by atoms with Crippen molar-refractivity contribution in [2.45, 2.75) is 29.8 Å². The first-order valence-corrected chi connectivity index (χ1v) is 6.55. The number of allylic oxidation sites excluding steroid dienone is 2. The molecule has 0 spiro atoms. The Labute approximate surface area is 116 Å². The Morgan fingerprint density at radius 1 is 1.47 bits per heavy atom. The van der Waals surface area contributed by atoms with E-state index >= 15 is 0 Å². The molecule has 0 bridgehead atoms. The van der Waals surface area contributed by atoms with Gasteiger partial charge in [-0.1, -0.05) is 0 Å². The van der Waals surface area contributed by atoms with Gasteiger partial charge in [0.2, 0.25) is 5.92 Å². The first kappa shape index (κ1) is 14.4. The average Bonchev–Trinajstić information content (AvgIpc) is 2.21. The van der Waals surface area contributed by atoms with Crippen molar-refractivity contribution in [1.29, 1.82) is 0 Å². The number of hydrogen-bond donors (Lipinski definition) is 1. The highest BCUT2D eigenvalue weighted by atomic mass is 79.9. The lowest BCUT2D eigenvalue weighted by Crippen LogP contribution is -2.41. The van der Waals surface area contributed by atoms with Crippen molar-refractivity contribution < 1.29 is 18.1 Å². The van der Waals surface area contributed by atoms with Crippen LogP contribution in [-0.2, 0) is 0 Å². The van der Waals surface area contributed by atoms with Gasteiger partial charge < -0.3 is 5.32 Å². The van der Waals surface area contributed by atoms with Gasteiger partial charge >= 0.3 is 0 Å². The maximum Gasteiger partial charge on any atom is 0.288 e. The molecule has 0 heterocycles. The molecule has 0 aromatic heterocycles. The second-order valence-corrected chi connectivity index (χ2v) is 6.20. The second-order valence-electron chi connectivity index (χ2n) is 4.88. The van der Waals surface area contributed by atoms with Gasteiger partial charge in [-0.2, -0.15) is 0 Å². The normalized spacial score (nSPS) is 30.1. The summed E-state index contributed by atoms with van der Waals surface area (Å²) in [4.78, 5) is 10.2. The van der Waals surface area contributed by atoms with Crippen molar-refractivity contribution in [3.63, 3.8) is 0 Å². The van der Waals surface area contributed by atoms with E-state index in [-0.39, 0.29) is 43.1 Å². The van der Waals surface area contributed by atoms with E-state index in [0.29, 0.717) is 0 Å². The van der Waals surface area contributed by atoms with Crippen LogP contribution in [0.4, 0.5) is 13.2 Å². The van der Waals surface area contributed by atoms with Gasteiger partial charge in [0, 0.05) is 31.9 Å².